The Morgan fingerprint density at radius 1 is 1.31 bits per heavy atom. The zero-order chi connectivity index (χ0) is 21.5. The summed E-state index contributed by atoms with van der Waals surface area (Å²) in [4.78, 5) is 6.30. The van der Waals surface area contributed by atoms with Gasteiger partial charge in [0.25, 0.3) is 0 Å². The van der Waals surface area contributed by atoms with Gasteiger partial charge in [0, 0.05) is 43.3 Å². The van der Waals surface area contributed by atoms with Crippen LogP contribution in [-0.2, 0) is 6.54 Å². The maximum absolute atomic E-state index is 5.57. The van der Waals surface area contributed by atoms with Gasteiger partial charge in [-0.1, -0.05) is 49.1 Å². The van der Waals surface area contributed by atoms with E-state index in [9.17, 15) is 0 Å². The molecule has 2 atom stereocenters. The number of hydrogen-bond acceptors (Lipinski definition) is 5. The summed E-state index contributed by atoms with van der Waals surface area (Å²) in [6.07, 6.45) is 7.70. The lowest BCUT2D eigenvalue weighted by molar-refractivity contribution is 0.334. The molecule has 1 aromatic carbocycles. The first-order valence-electron chi connectivity index (χ1n) is 10.1. The largest absolute Gasteiger partial charge is 0.383 e. The minimum absolute atomic E-state index is 0.0960. The maximum Gasteiger partial charge on any atom is 0.0486 e. The minimum atomic E-state index is 0.0960. The normalized spacial score (nSPS) is 16.5. The van der Waals surface area contributed by atoms with Crippen molar-refractivity contribution in [3.63, 3.8) is 0 Å². The minimum Gasteiger partial charge on any atom is -0.383 e. The van der Waals surface area contributed by atoms with Crippen LogP contribution in [0, 0.1) is 0 Å². The highest BCUT2D eigenvalue weighted by Gasteiger charge is 2.22. The molecular formula is C24H37N5. The number of rotatable bonds is 6. The topological polar surface area (TPSA) is 80.2 Å². The van der Waals surface area contributed by atoms with Crippen molar-refractivity contribution >= 4 is 0 Å². The fraction of sp³-hybridized carbons (Fsp3) is 0.375. The Balaban J connectivity index is 0.000000272. The number of pyridine rings is 1. The molecule has 0 amide bonds. The molecule has 29 heavy (non-hydrogen) atoms. The Labute approximate surface area is 176 Å². The Morgan fingerprint density at radius 3 is 2.45 bits per heavy atom. The summed E-state index contributed by atoms with van der Waals surface area (Å²) in [5, 5.41) is 3.44. The van der Waals surface area contributed by atoms with E-state index in [2.05, 4.69) is 59.7 Å². The van der Waals surface area contributed by atoms with Crippen LogP contribution in [0.15, 0.2) is 79.8 Å². The molecule has 0 spiro atoms. The summed E-state index contributed by atoms with van der Waals surface area (Å²) >= 11 is 0. The lowest BCUT2D eigenvalue weighted by Gasteiger charge is -2.22. The molecule has 2 heterocycles. The van der Waals surface area contributed by atoms with E-state index >= 15 is 0 Å². The van der Waals surface area contributed by atoms with Crippen molar-refractivity contribution in [2.45, 2.75) is 38.4 Å². The van der Waals surface area contributed by atoms with E-state index in [1.165, 1.54) is 24.9 Å². The highest BCUT2D eigenvalue weighted by molar-refractivity contribution is 5.16. The summed E-state index contributed by atoms with van der Waals surface area (Å²) in [5.41, 5.74) is 14.0. The molecule has 3 rings (SSSR count). The Morgan fingerprint density at radius 2 is 2.00 bits per heavy atom. The molecule has 5 N–H and O–H groups in total. The summed E-state index contributed by atoms with van der Waals surface area (Å²) in [5.74, 6) is 0. The van der Waals surface area contributed by atoms with E-state index in [-0.39, 0.29) is 6.04 Å². The van der Waals surface area contributed by atoms with Crippen LogP contribution in [0.4, 0.5) is 0 Å². The first-order valence-corrected chi connectivity index (χ1v) is 10.1. The highest BCUT2D eigenvalue weighted by atomic mass is 15.2. The predicted octanol–water partition coefficient (Wildman–Crippen LogP) is 3.62. The first-order chi connectivity index (χ1) is 14.0. The summed E-state index contributed by atoms with van der Waals surface area (Å²) < 4.78 is 0. The van der Waals surface area contributed by atoms with Gasteiger partial charge < -0.3 is 16.8 Å². The van der Waals surface area contributed by atoms with Gasteiger partial charge in [0.1, 0.15) is 0 Å². The monoisotopic (exact) mass is 395 g/mol. The van der Waals surface area contributed by atoms with Crippen molar-refractivity contribution in [1.82, 2.24) is 15.2 Å². The number of aromatic nitrogens is 1. The second-order valence-corrected chi connectivity index (χ2v) is 7.10. The average Bonchev–Trinajstić information content (AvgIpc) is 3.20. The molecule has 1 aromatic heterocycles. The Hall–Kier alpha value is -2.47. The molecule has 2 aromatic rings. The molecule has 0 radical (unpaired) electrons. The van der Waals surface area contributed by atoms with E-state index in [0.29, 0.717) is 12.6 Å². The van der Waals surface area contributed by atoms with Crippen molar-refractivity contribution in [3.05, 3.63) is 90.9 Å². The molecule has 0 bridgehead atoms. The number of likely N-dealkylation sites (tertiary alicyclic amines) is 1. The molecule has 5 nitrogen and oxygen atoms in total. The molecule has 1 aliphatic rings. The first kappa shape index (κ1) is 24.6. The molecule has 158 valence electrons. The molecule has 0 aliphatic carbocycles. The Bertz CT molecular complexity index is 685. The van der Waals surface area contributed by atoms with E-state index in [4.69, 9.17) is 11.5 Å². The van der Waals surface area contributed by atoms with Crippen LogP contribution in [0.25, 0.3) is 0 Å². The zero-order valence-electron chi connectivity index (χ0n) is 17.9. The predicted molar refractivity (Wildman–Crippen MR) is 124 cm³/mol. The van der Waals surface area contributed by atoms with E-state index < -0.39 is 0 Å². The van der Waals surface area contributed by atoms with Crippen molar-refractivity contribution in [1.29, 1.82) is 0 Å². The van der Waals surface area contributed by atoms with Gasteiger partial charge in [0.15, 0.2) is 0 Å². The van der Waals surface area contributed by atoms with Crippen LogP contribution in [0.5, 0.6) is 0 Å². The van der Waals surface area contributed by atoms with Crippen LogP contribution < -0.4 is 16.8 Å². The number of nitrogens with zero attached hydrogens (tertiary/aromatic N) is 2. The van der Waals surface area contributed by atoms with Crippen LogP contribution in [-0.4, -0.2) is 36.1 Å². The molecule has 1 saturated heterocycles. The van der Waals surface area contributed by atoms with Gasteiger partial charge in [0.2, 0.25) is 0 Å². The van der Waals surface area contributed by atoms with Crippen LogP contribution >= 0.6 is 0 Å². The van der Waals surface area contributed by atoms with Gasteiger partial charge in [0.05, 0.1) is 0 Å². The molecule has 5 heteroatoms. The molecule has 0 saturated carbocycles. The quantitative estimate of drug-likeness (QED) is 0.651. The van der Waals surface area contributed by atoms with Gasteiger partial charge in [-0.3, -0.25) is 9.88 Å². The average molecular weight is 396 g/mol. The molecule has 2 unspecified atom stereocenters. The van der Waals surface area contributed by atoms with Gasteiger partial charge in [-0.05, 0) is 50.6 Å². The second-order valence-electron chi connectivity index (χ2n) is 7.10. The summed E-state index contributed by atoms with van der Waals surface area (Å²) in [6.45, 7) is 12.1. The number of benzene rings is 1. The molecule has 1 fully saturated rings. The van der Waals surface area contributed by atoms with Gasteiger partial charge in [-0.25, -0.2) is 0 Å². The summed E-state index contributed by atoms with van der Waals surface area (Å²) in [7, 11) is 2.17. The lowest BCUT2D eigenvalue weighted by atomic mass is 10.1. The number of hydrogen-bond donors (Lipinski definition) is 3. The van der Waals surface area contributed by atoms with Crippen molar-refractivity contribution in [2.24, 2.45) is 11.5 Å². The highest BCUT2D eigenvalue weighted by Crippen LogP contribution is 2.19. The van der Waals surface area contributed by atoms with Crippen LogP contribution in [0.1, 0.15) is 36.9 Å². The van der Waals surface area contributed by atoms with E-state index in [1.54, 1.807) is 18.5 Å². The van der Waals surface area contributed by atoms with Crippen molar-refractivity contribution in [2.75, 3.05) is 20.1 Å². The maximum atomic E-state index is 5.57. The van der Waals surface area contributed by atoms with Gasteiger partial charge >= 0.3 is 0 Å². The van der Waals surface area contributed by atoms with Crippen molar-refractivity contribution < 1.29 is 0 Å². The third kappa shape index (κ3) is 10.0. The van der Waals surface area contributed by atoms with Crippen LogP contribution in [0.3, 0.4) is 0 Å². The fourth-order valence-corrected chi connectivity index (χ4v) is 2.93. The second kappa shape index (κ2) is 14.5. The fourth-order valence-electron chi connectivity index (χ4n) is 2.93. The SMILES string of the molecule is C=C(NCc1ccccc1)C1CCCN1C.C=CCN.CC(N)c1cccnc1. The zero-order valence-corrected chi connectivity index (χ0v) is 17.9. The molecule has 1 aliphatic heterocycles. The third-order valence-electron chi connectivity index (χ3n) is 4.66. The Kier molecular flexibility index (Phi) is 12.3. The number of likely N-dealkylation sites (N-methyl/N-ethyl adjacent to an activating group) is 1. The number of nitrogens with two attached hydrogens (primary N) is 2. The lowest BCUT2D eigenvalue weighted by Crippen LogP contribution is -2.32. The number of nitrogens with one attached hydrogen (secondary N) is 1. The van der Waals surface area contributed by atoms with Gasteiger partial charge in [-0.15, -0.1) is 6.58 Å². The molecular weight excluding hydrogens is 358 g/mol. The van der Waals surface area contributed by atoms with E-state index in [0.717, 1.165) is 17.8 Å². The standard InChI is InChI=1S/C14H20N2.C7H10N2.C3H7N/c1-12(14-9-6-10-16(14)2)15-11-13-7-4-3-5-8-13;1-6(8)7-3-2-4-9-5-7;1-2-3-4/h3-5,7-8,14-15H,1,6,9-11H2,2H3;2-6H,8H2,1H3;2H,1,3-4H2. The van der Waals surface area contributed by atoms with Crippen molar-refractivity contribution in [3.8, 4) is 0 Å². The van der Waals surface area contributed by atoms with E-state index in [1.807, 2.05) is 25.1 Å². The third-order valence-corrected chi connectivity index (χ3v) is 4.66. The smallest absolute Gasteiger partial charge is 0.0486 e. The van der Waals surface area contributed by atoms with Gasteiger partial charge in [-0.2, -0.15) is 0 Å². The summed E-state index contributed by atoms with van der Waals surface area (Å²) in [6, 6.07) is 14.9. The van der Waals surface area contributed by atoms with Crippen LogP contribution in [0.2, 0.25) is 0 Å².